The predicted molar refractivity (Wildman–Crippen MR) is 120 cm³/mol. The number of sulfonamides is 1. The van der Waals surface area contributed by atoms with Crippen molar-refractivity contribution < 1.29 is 17.6 Å². The van der Waals surface area contributed by atoms with Crippen LogP contribution in [0.3, 0.4) is 0 Å². The molecule has 0 aliphatic rings. The van der Waals surface area contributed by atoms with Crippen LogP contribution in [0.25, 0.3) is 10.2 Å². The predicted octanol–water partition coefficient (Wildman–Crippen LogP) is 4.44. The molecule has 31 heavy (non-hydrogen) atoms. The summed E-state index contributed by atoms with van der Waals surface area (Å²) in [6, 6.07) is 11.8. The lowest BCUT2D eigenvalue weighted by atomic mass is 10.2. The molecule has 7 nitrogen and oxygen atoms in total. The van der Waals surface area contributed by atoms with Gasteiger partial charge in [0.05, 0.1) is 10.6 Å². The van der Waals surface area contributed by atoms with Crippen molar-refractivity contribution in [1.29, 1.82) is 0 Å². The highest BCUT2D eigenvalue weighted by atomic mass is 32.2. The van der Waals surface area contributed by atoms with Gasteiger partial charge in [-0.25, -0.2) is 12.8 Å². The number of carbonyl (C=O) groups is 1. The molecule has 2 aromatic heterocycles. The topological polar surface area (TPSA) is 93.1 Å². The molecule has 0 saturated carbocycles. The van der Waals surface area contributed by atoms with Crippen molar-refractivity contribution in [3.05, 3.63) is 70.5 Å². The minimum absolute atomic E-state index is 0.169. The quantitative estimate of drug-likeness (QED) is 0.462. The molecule has 0 bridgehead atoms. The summed E-state index contributed by atoms with van der Waals surface area (Å²) in [4.78, 5) is 13.4. The third-order valence-electron chi connectivity index (χ3n) is 4.70. The molecule has 0 radical (unpaired) electrons. The molecule has 0 spiro atoms. The Morgan fingerprint density at radius 2 is 1.74 bits per heavy atom. The van der Waals surface area contributed by atoms with Gasteiger partial charge in [0.1, 0.15) is 15.5 Å². The second-order valence-electron chi connectivity index (χ2n) is 7.11. The molecule has 1 amide bonds. The van der Waals surface area contributed by atoms with Gasteiger partial charge in [0.15, 0.2) is 0 Å². The van der Waals surface area contributed by atoms with Gasteiger partial charge in [0, 0.05) is 23.8 Å². The zero-order valence-electron chi connectivity index (χ0n) is 16.9. The molecule has 2 N–H and O–H groups in total. The van der Waals surface area contributed by atoms with E-state index in [4.69, 9.17) is 0 Å². The first kappa shape index (κ1) is 21.0. The molecule has 160 valence electrons. The molecule has 4 aromatic rings. The van der Waals surface area contributed by atoms with Crippen LogP contribution < -0.4 is 10.0 Å². The summed E-state index contributed by atoms with van der Waals surface area (Å²) in [5.74, 6) is -1.33. The Hall–Kier alpha value is -3.24. The van der Waals surface area contributed by atoms with Crippen LogP contribution >= 0.6 is 11.3 Å². The van der Waals surface area contributed by atoms with Crippen molar-refractivity contribution in [2.24, 2.45) is 7.05 Å². The van der Waals surface area contributed by atoms with Crippen molar-refractivity contribution >= 4 is 48.9 Å². The largest absolute Gasteiger partial charge is 0.321 e. The van der Waals surface area contributed by atoms with Gasteiger partial charge in [0.2, 0.25) is 0 Å². The fourth-order valence-electron chi connectivity index (χ4n) is 3.13. The molecule has 4 rings (SSSR count). The monoisotopic (exact) mass is 458 g/mol. The number of thiophene rings is 1. The van der Waals surface area contributed by atoms with Gasteiger partial charge < -0.3 is 5.32 Å². The van der Waals surface area contributed by atoms with E-state index >= 15 is 0 Å². The van der Waals surface area contributed by atoms with Crippen molar-refractivity contribution in [2.75, 3.05) is 10.0 Å². The number of hydrogen-bond donors (Lipinski definition) is 2. The summed E-state index contributed by atoms with van der Waals surface area (Å²) in [5, 5.41) is 7.82. The molecule has 2 heterocycles. The number of anilines is 2. The first-order chi connectivity index (χ1) is 14.6. The summed E-state index contributed by atoms with van der Waals surface area (Å²) < 4.78 is 43.8. The zero-order valence-corrected chi connectivity index (χ0v) is 18.6. The fraction of sp³-hybridized carbons (Fsp3) is 0.143. The van der Waals surface area contributed by atoms with E-state index in [0.29, 0.717) is 10.6 Å². The third-order valence-corrected chi connectivity index (χ3v) is 7.30. The van der Waals surface area contributed by atoms with Crippen LogP contribution in [0.5, 0.6) is 0 Å². The van der Waals surface area contributed by atoms with Crippen molar-refractivity contribution in [2.45, 2.75) is 18.7 Å². The highest BCUT2D eigenvalue weighted by Crippen LogP contribution is 2.29. The van der Waals surface area contributed by atoms with Crippen molar-refractivity contribution in [3.8, 4) is 0 Å². The van der Waals surface area contributed by atoms with Gasteiger partial charge in [0.25, 0.3) is 15.9 Å². The molecule has 10 heteroatoms. The highest BCUT2D eigenvalue weighted by Gasteiger charge is 2.21. The van der Waals surface area contributed by atoms with Crippen LogP contribution in [-0.4, -0.2) is 24.1 Å². The molecule has 2 aromatic carbocycles. The molecule has 0 saturated heterocycles. The Bertz CT molecular complexity index is 1370. The van der Waals surface area contributed by atoms with Gasteiger partial charge in [-0.3, -0.25) is 14.2 Å². The number of hydrogen-bond acceptors (Lipinski definition) is 5. The number of fused-ring (bicyclic) bond motifs is 1. The van der Waals surface area contributed by atoms with E-state index in [-0.39, 0.29) is 5.69 Å². The Morgan fingerprint density at radius 1 is 1.06 bits per heavy atom. The second-order valence-corrected chi connectivity index (χ2v) is 9.79. The number of nitrogens with zero attached hydrogens (tertiary/aromatic N) is 2. The fourth-order valence-corrected chi connectivity index (χ4v) is 5.31. The van der Waals surface area contributed by atoms with Crippen LogP contribution in [-0.2, 0) is 17.1 Å². The second kappa shape index (κ2) is 7.78. The number of halogens is 1. The molecule has 0 fully saturated rings. The Kier molecular flexibility index (Phi) is 5.28. The minimum Gasteiger partial charge on any atom is -0.321 e. The molecular weight excluding hydrogens is 439 g/mol. The summed E-state index contributed by atoms with van der Waals surface area (Å²) in [5.41, 5.74) is 2.26. The lowest BCUT2D eigenvalue weighted by molar-refractivity contribution is 0.103. The summed E-state index contributed by atoms with van der Waals surface area (Å²) in [6.45, 7) is 3.73. The van der Waals surface area contributed by atoms with E-state index in [1.54, 1.807) is 42.1 Å². The van der Waals surface area contributed by atoms with Gasteiger partial charge in [-0.2, -0.15) is 5.10 Å². The van der Waals surface area contributed by atoms with E-state index < -0.39 is 26.6 Å². The van der Waals surface area contributed by atoms with E-state index in [9.17, 15) is 17.6 Å². The normalized spacial score (nSPS) is 11.6. The first-order valence-corrected chi connectivity index (χ1v) is 11.6. The summed E-state index contributed by atoms with van der Waals surface area (Å²) in [6.07, 6.45) is 0. The average Bonchev–Trinajstić information content (AvgIpc) is 3.26. The SMILES string of the molecule is Cc1ccc(NS(=O)(=O)c2cc(NC(=O)c3cc4c(C)nn(C)c4s3)ccc2F)cc1. The first-order valence-electron chi connectivity index (χ1n) is 9.27. The van der Waals surface area contributed by atoms with Crippen molar-refractivity contribution in [1.82, 2.24) is 9.78 Å². The van der Waals surface area contributed by atoms with Crippen LogP contribution in [0.2, 0.25) is 0 Å². The molecule has 0 unspecified atom stereocenters. The van der Waals surface area contributed by atoms with Gasteiger partial charge in [-0.05, 0) is 50.2 Å². The lowest BCUT2D eigenvalue weighted by Gasteiger charge is -2.11. The van der Waals surface area contributed by atoms with E-state index in [1.165, 1.54) is 17.4 Å². The van der Waals surface area contributed by atoms with Crippen LogP contribution in [0.4, 0.5) is 15.8 Å². The Labute approximate surface area is 182 Å². The number of rotatable bonds is 5. The highest BCUT2D eigenvalue weighted by molar-refractivity contribution is 7.92. The summed E-state index contributed by atoms with van der Waals surface area (Å²) in [7, 11) is -2.39. The van der Waals surface area contributed by atoms with Gasteiger partial charge in [-0.1, -0.05) is 17.7 Å². The minimum atomic E-state index is -4.19. The number of nitrogens with one attached hydrogen (secondary N) is 2. The maximum Gasteiger partial charge on any atom is 0.265 e. The Balaban J connectivity index is 1.59. The standard InChI is InChI=1S/C21H19FN4O3S2/c1-12-4-6-14(7-5-12)25-31(28,29)19-10-15(8-9-17(19)22)23-20(27)18-11-16-13(2)24-26(3)21(16)30-18/h4-11,25H,1-3H3,(H,23,27). The lowest BCUT2D eigenvalue weighted by Crippen LogP contribution is -2.16. The number of carbonyl (C=O) groups excluding carboxylic acids is 1. The number of aromatic nitrogens is 2. The van der Waals surface area contributed by atoms with Gasteiger partial charge in [-0.15, -0.1) is 11.3 Å². The number of benzene rings is 2. The number of amides is 1. The van der Waals surface area contributed by atoms with Crippen LogP contribution in [0.15, 0.2) is 53.4 Å². The van der Waals surface area contributed by atoms with Crippen molar-refractivity contribution in [3.63, 3.8) is 0 Å². The molecule has 0 aliphatic heterocycles. The molecular formula is C21H19FN4O3S2. The maximum atomic E-state index is 14.3. The zero-order chi connectivity index (χ0) is 22.3. The van der Waals surface area contributed by atoms with Crippen LogP contribution in [0, 0.1) is 19.7 Å². The third kappa shape index (κ3) is 4.17. The van der Waals surface area contributed by atoms with Gasteiger partial charge >= 0.3 is 0 Å². The maximum absolute atomic E-state index is 14.3. The summed E-state index contributed by atoms with van der Waals surface area (Å²) >= 11 is 1.27. The average molecular weight is 459 g/mol. The van der Waals surface area contributed by atoms with E-state index in [2.05, 4.69) is 15.1 Å². The van der Waals surface area contributed by atoms with E-state index in [1.807, 2.05) is 13.8 Å². The van der Waals surface area contributed by atoms with E-state index in [0.717, 1.165) is 33.6 Å². The molecule has 0 atom stereocenters. The molecule has 0 aliphatic carbocycles. The van der Waals surface area contributed by atoms with Crippen LogP contribution in [0.1, 0.15) is 20.9 Å². The Morgan fingerprint density at radius 3 is 2.42 bits per heavy atom. The smallest absolute Gasteiger partial charge is 0.265 e. The number of aryl methyl sites for hydroxylation is 3.